The summed E-state index contributed by atoms with van der Waals surface area (Å²) in [5.41, 5.74) is 6.21. The molecule has 0 aromatic heterocycles. The van der Waals surface area contributed by atoms with Gasteiger partial charge in [0.05, 0.1) is 11.0 Å². The molecule has 2 saturated carbocycles. The molecule has 0 spiro atoms. The third-order valence-electron chi connectivity index (χ3n) is 4.59. The molecule has 0 amide bonds. The van der Waals surface area contributed by atoms with E-state index in [0.717, 1.165) is 12.3 Å². The fraction of sp³-hybridized carbons (Fsp3) is 1.00. The zero-order chi connectivity index (χ0) is 12.0. The van der Waals surface area contributed by atoms with E-state index in [1.54, 1.807) is 13.8 Å². The summed E-state index contributed by atoms with van der Waals surface area (Å²) in [7, 11) is -2.92. The molecule has 16 heavy (non-hydrogen) atoms. The second kappa shape index (κ2) is 3.98. The molecule has 0 saturated heterocycles. The summed E-state index contributed by atoms with van der Waals surface area (Å²) in [4.78, 5) is 0. The summed E-state index contributed by atoms with van der Waals surface area (Å²) in [6.07, 6.45) is 5.46. The minimum atomic E-state index is -2.92. The van der Waals surface area contributed by atoms with Crippen molar-refractivity contribution in [3.8, 4) is 0 Å². The van der Waals surface area contributed by atoms with Crippen LogP contribution in [0.2, 0.25) is 0 Å². The van der Waals surface area contributed by atoms with E-state index in [1.165, 1.54) is 19.3 Å². The lowest BCUT2D eigenvalue weighted by molar-refractivity contribution is 0.263. The fourth-order valence-electron chi connectivity index (χ4n) is 3.36. The van der Waals surface area contributed by atoms with Crippen LogP contribution < -0.4 is 5.73 Å². The van der Waals surface area contributed by atoms with E-state index in [2.05, 4.69) is 0 Å². The molecule has 94 valence electrons. The zero-order valence-electron chi connectivity index (χ0n) is 10.3. The highest BCUT2D eigenvalue weighted by Crippen LogP contribution is 2.50. The molecule has 4 heteroatoms. The van der Waals surface area contributed by atoms with Gasteiger partial charge in [-0.05, 0) is 51.4 Å². The van der Waals surface area contributed by atoms with Gasteiger partial charge in [-0.25, -0.2) is 8.42 Å². The van der Waals surface area contributed by atoms with E-state index >= 15 is 0 Å². The number of rotatable bonds is 4. The van der Waals surface area contributed by atoms with Gasteiger partial charge in [-0.2, -0.15) is 0 Å². The highest BCUT2D eigenvalue weighted by atomic mass is 32.2. The van der Waals surface area contributed by atoms with Crippen LogP contribution in [0.15, 0.2) is 0 Å². The molecule has 2 bridgehead atoms. The fourth-order valence-corrected chi connectivity index (χ4v) is 4.50. The molecule has 2 rings (SSSR count). The molecular weight excluding hydrogens is 222 g/mol. The van der Waals surface area contributed by atoms with E-state index < -0.39 is 9.84 Å². The van der Waals surface area contributed by atoms with E-state index in [0.29, 0.717) is 12.3 Å². The van der Waals surface area contributed by atoms with E-state index in [4.69, 9.17) is 5.73 Å². The zero-order valence-corrected chi connectivity index (χ0v) is 11.1. The van der Waals surface area contributed by atoms with Crippen LogP contribution in [0.3, 0.4) is 0 Å². The summed E-state index contributed by atoms with van der Waals surface area (Å²) in [5, 5.41) is -0.269. The maximum absolute atomic E-state index is 11.8. The second-order valence-electron chi connectivity index (χ2n) is 5.98. The molecule has 2 N–H and O–H groups in total. The van der Waals surface area contributed by atoms with Crippen LogP contribution in [0.1, 0.15) is 46.0 Å². The molecule has 2 fully saturated rings. The van der Waals surface area contributed by atoms with Crippen molar-refractivity contribution in [1.29, 1.82) is 0 Å². The van der Waals surface area contributed by atoms with Gasteiger partial charge in [-0.15, -0.1) is 0 Å². The Kier molecular flexibility index (Phi) is 3.08. The number of sulfone groups is 1. The molecule has 3 atom stereocenters. The summed E-state index contributed by atoms with van der Waals surface area (Å²) >= 11 is 0. The SMILES string of the molecule is CC(C)S(=O)(=O)CCC1(N)CC2CCC1C2. The van der Waals surface area contributed by atoms with Gasteiger partial charge in [0.1, 0.15) is 0 Å². The molecule has 0 aliphatic heterocycles. The van der Waals surface area contributed by atoms with Crippen LogP contribution in [-0.4, -0.2) is 25.0 Å². The van der Waals surface area contributed by atoms with Crippen molar-refractivity contribution in [3.05, 3.63) is 0 Å². The Balaban J connectivity index is 1.96. The van der Waals surface area contributed by atoms with E-state index in [9.17, 15) is 8.42 Å². The first-order chi connectivity index (χ1) is 7.33. The van der Waals surface area contributed by atoms with Crippen molar-refractivity contribution >= 4 is 9.84 Å². The van der Waals surface area contributed by atoms with E-state index in [1.807, 2.05) is 0 Å². The third kappa shape index (κ3) is 2.14. The lowest BCUT2D eigenvalue weighted by atomic mass is 9.80. The first kappa shape index (κ1) is 12.4. The molecule has 0 aromatic rings. The summed E-state index contributed by atoms with van der Waals surface area (Å²) in [6, 6.07) is 0. The number of nitrogens with two attached hydrogens (primary N) is 1. The Bertz CT molecular complexity index is 363. The summed E-state index contributed by atoms with van der Waals surface area (Å²) in [5.74, 6) is 1.63. The van der Waals surface area contributed by atoms with Crippen molar-refractivity contribution in [3.63, 3.8) is 0 Å². The molecule has 3 unspecified atom stereocenters. The topological polar surface area (TPSA) is 60.2 Å². The number of hydrogen-bond acceptors (Lipinski definition) is 3. The quantitative estimate of drug-likeness (QED) is 0.820. The Morgan fingerprint density at radius 3 is 2.50 bits per heavy atom. The number of hydrogen-bond donors (Lipinski definition) is 1. The maximum Gasteiger partial charge on any atom is 0.152 e. The average molecular weight is 245 g/mol. The Morgan fingerprint density at radius 1 is 1.38 bits per heavy atom. The van der Waals surface area contributed by atoms with Crippen LogP contribution in [0.25, 0.3) is 0 Å². The molecule has 2 aliphatic carbocycles. The van der Waals surface area contributed by atoms with Gasteiger partial charge < -0.3 is 5.73 Å². The number of fused-ring (bicyclic) bond motifs is 2. The molecule has 0 radical (unpaired) electrons. The summed E-state index contributed by atoms with van der Waals surface area (Å²) in [6.45, 7) is 3.50. The molecule has 2 aliphatic rings. The Morgan fingerprint density at radius 2 is 2.06 bits per heavy atom. The van der Waals surface area contributed by atoms with E-state index in [-0.39, 0.29) is 16.5 Å². The van der Waals surface area contributed by atoms with Crippen molar-refractivity contribution < 1.29 is 8.42 Å². The lowest BCUT2D eigenvalue weighted by Gasteiger charge is -2.34. The van der Waals surface area contributed by atoms with Gasteiger partial charge in [0.25, 0.3) is 0 Å². The van der Waals surface area contributed by atoms with Gasteiger partial charge >= 0.3 is 0 Å². The van der Waals surface area contributed by atoms with Crippen LogP contribution in [-0.2, 0) is 9.84 Å². The normalized spacial score (nSPS) is 38.5. The standard InChI is InChI=1S/C12H23NO2S/c1-9(2)16(14,15)6-5-12(13)8-10-3-4-11(12)7-10/h9-11H,3-8,13H2,1-2H3. The summed E-state index contributed by atoms with van der Waals surface area (Å²) < 4.78 is 23.6. The van der Waals surface area contributed by atoms with Crippen molar-refractivity contribution in [2.24, 2.45) is 17.6 Å². The predicted molar refractivity (Wildman–Crippen MR) is 65.9 cm³/mol. The minimum absolute atomic E-state index is 0.176. The highest BCUT2D eigenvalue weighted by Gasteiger charge is 2.48. The van der Waals surface area contributed by atoms with Crippen molar-refractivity contribution in [2.75, 3.05) is 5.75 Å². The van der Waals surface area contributed by atoms with Crippen molar-refractivity contribution in [1.82, 2.24) is 0 Å². The molecule has 3 nitrogen and oxygen atoms in total. The van der Waals surface area contributed by atoms with Crippen LogP contribution in [0.5, 0.6) is 0 Å². The first-order valence-electron chi connectivity index (χ1n) is 6.34. The lowest BCUT2D eigenvalue weighted by Crippen LogP contribution is -2.46. The maximum atomic E-state index is 11.8. The van der Waals surface area contributed by atoms with Gasteiger partial charge in [0, 0.05) is 5.54 Å². The second-order valence-corrected chi connectivity index (χ2v) is 8.66. The Labute approximate surface area is 98.7 Å². The van der Waals surface area contributed by atoms with Gasteiger partial charge in [-0.1, -0.05) is 6.42 Å². The van der Waals surface area contributed by atoms with Gasteiger partial charge in [0.15, 0.2) is 9.84 Å². The van der Waals surface area contributed by atoms with Crippen LogP contribution in [0.4, 0.5) is 0 Å². The Hall–Kier alpha value is -0.0900. The molecule has 0 heterocycles. The first-order valence-corrected chi connectivity index (χ1v) is 8.05. The third-order valence-corrected chi connectivity index (χ3v) is 6.80. The van der Waals surface area contributed by atoms with Gasteiger partial charge in [0.2, 0.25) is 0 Å². The molecular formula is C12H23NO2S. The molecule has 0 aromatic carbocycles. The largest absolute Gasteiger partial charge is 0.325 e. The predicted octanol–water partition coefficient (Wildman–Crippen LogP) is 1.72. The average Bonchev–Trinajstić information content (AvgIpc) is 2.74. The smallest absolute Gasteiger partial charge is 0.152 e. The van der Waals surface area contributed by atoms with Crippen LogP contribution >= 0.6 is 0 Å². The monoisotopic (exact) mass is 245 g/mol. The van der Waals surface area contributed by atoms with Gasteiger partial charge in [-0.3, -0.25) is 0 Å². The van der Waals surface area contributed by atoms with Crippen molar-refractivity contribution in [2.45, 2.75) is 56.7 Å². The minimum Gasteiger partial charge on any atom is -0.325 e. The highest BCUT2D eigenvalue weighted by molar-refractivity contribution is 7.91. The van der Waals surface area contributed by atoms with Crippen LogP contribution in [0, 0.1) is 11.8 Å².